The molecule has 1 aliphatic rings. The number of fused-ring (bicyclic) bond motifs is 3. The van der Waals surface area contributed by atoms with Crippen molar-refractivity contribution in [2.24, 2.45) is 5.92 Å². The van der Waals surface area contributed by atoms with E-state index in [1.54, 1.807) is 6.20 Å². The summed E-state index contributed by atoms with van der Waals surface area (Å²) < 4.78 is 2.79. The molecule has 1 fully saturated rings. The SMILES string of the molecule is CCCCc1nc2c(sc3nccc(NC)c32)c(=O)n1C1CCC(C)CC1. The van der Waals surface area contributed by atoms with Gasteiger partial charge in [0.2, 0.25) is 0 Å². The van der Waals surface area contributed by atoms with Crippen LogP contribution in [0.15, 0.2) is 17.1 Å². The first-order chi connectivity index (χ1) is 13.1. The Bertz CT molecular complexity index is 1010. The van der Waals surface area contributed by atoms with Gasteiger partial charge in [0.05, 0.1) is 5.39 Å². The molecule has 0 unspecified atom stereocenters. The van der Waals surface area contributed by atoms with Gasteiger partial charge in [-0.05, 0) is 44.1 Å². The number of aromatic nitrogens is 3. The predicted octanol–water partition coefficient (Wildman–Crippen LogP) is 5.14. The second-order valence-electron chi connectivity index (χ2n) is 7.79. The first-order valence-electron chi connectivity index (χ1n) is 10.1. The molecule has 3 aromatic rings. The number of nitrogens with one attached hydrogen (secondary N) is 1. The number of pyridine rings is 1. The zero-order valence-electron chi connectivity index (χ0n) is 16.4. The van der Waals surface area contributed by atoms with Crippen LogP contribution >= 0.6 is 11.3 Å². The molecule has 4 rings (SSSR count). The largest absolute Gasteiger partial charge is 0.387 e. The van der Waals surface area contributed by atoms with Crippen LogP contribution in [-0.4, -0.2) is 21.6 Å². The Labute approximate surface area is 163 Å². The third-order valence-corrected chi connectivity index (χ3v) is 6.95. The molecule has 6 heteroatoms. The standard InChI is InChI=1S/C21H28N4OS/c1-4-5-6-16-24-18-17-15(22-3)11-12-23-20(17)27-19(18)21(26)25(16)14-9-7-13(2)8-10-14/h11-14H,4-10H2,1-3H3,(H,22,23). The summed E-state index contributed by atoms with van der Waals surface area (Å²) in [6.07, 6.45) is 9.36. The predicted molar refractivity (Wildman–Crippen MR) is 114 cm³/mol. The fourth-order valence-electron chi connectivity index (χ4n) is 4.27. The van der Waals surface area contributed by atoms with E-state index >= 15 is 0 Å². The maximum Gasteiger partial charge on any atom is 0.271 e. The third-order valence-electron chi connectivity index (χ3n) is 5.87. The number of unbranched alkanes of at least 4 members (excludes halogenated alkanes) is 1. The first kappa shape index (κ1) is 18.4. The summed E-state index contributed by atoms with van der Waals surface area (Å²) in [7, 11) is 1.90. The molecule has 3 aromatic heterocycles. The quantitative estimate of drug-likeness (QED) is 0.661. The van der Waals surface area contributed by atoms with Crippen molar-refractivity contribution in [1.82, 2.24) is 14.5 Å². The number of aryl methyl sites for hydroxylation is 1. The topological polar surface area (TPSA) is 59.8 Å². The van der Waals surface area contributed by atoms with Crippen LogP contribution in [0, 0.1) is 5.92 Å². The van der Waals surface area contributed by atoms with Gasteiger partial charge in [-0.15, -0.1) is 11.3 Å². The van der Waals surface area contributed by atoms with Crippen molar-refractivity contribution in [3.63, 3.8) is 0 Å². The second kappa shape index (κ2) is 7.58. The fraction of sp³-hybridized carbons (Fsp3) is 0.571. The van der Waals surface area contributed by atoms with E-state index in [4.69, 9.17) is 4.98 Å². The zero-order valence-corrected chi connectivity index (χ0v) is 17.2. The number of nitrogens with zero attached hydrogens (tertiary/aromatic N) is 3. The molecule has 1 saturated carbocycles. The molecule has 0 saturated heterocycles. The maximum atomic E-state index is 13.5. The summed E-state index contributed by atoms with van der Waals surface area (Å²) in [5.74, 6) is 1.72. The number of thiophene rings is 1. The van der Waals surface area contributed by atoms with Crippen LogP contribution in [0.25, 0.3) is 20.4 Å². The molecule has 144 valence electrons. The minimum atomic E-state index is 0.135. The van der Waals surface area contributed by atoms with E-state index in [1.165, 1.54) is 24.2 Å². The van der Waals surface area contributed by atoms with E-state index in [-0.39, 0.29) is 5.56 Å². The molecule has 0 atom stereocenters. The Balaban J connectivity index is 1.95. The molecule has 5 nitrogen and oxygen atoms in total. The van der Waals surface area contributed by atoms with E-state index in [1.807, 2.05) is 17.7 Å². The van der Waals surface area contributed by atoms with Gasteiger partial charge in [0.25, 0.3) is 5.56 Å². The Morgan fingerprint density at radius 3 is 2.78 bits per heavy atom. The molecule has 0 spiro atoms. The highest BCUT2D eigenvalue weighted by Crippen LogP contribution is 2.36. The van der Waals surface area contributed by atoms with E-state index in [9.17, 15) is 4.79 Å². The number of hydrogen-bond acceptors (Lipinski definition) is 5. The summed E-state index contributed by atoms with van der Waals surface area (Å²) in [4.78, 5) is 24.0. The number of anilines is 1. The van der Waals surface area contributed by atoms with Crippen molar-refractivity contribution in [2.45, 2.75) is 64.8 Å². The highest BCUT2D eigenvalue weighted by atomic mass is 32.1. The molecule has 0 aliphatic heterocycles. The minimum Gasteiger partial charge on any atom is -0.387 e. The smallest absolute Gasteiger partial charge is 0.271 e. The fourth-order valence-corrected chi connectivity index (χ4v) is 5.31. The van der Waals surface area contributed by atoms with Crippen LogP contribution in [0.1, 0.15) is 64.2 Å². The van der Waals surface area contributed by atoms with Crippen molar-refractivity contribution >= 4 is 37.5 Å². The van der Waals surface area contributed by atoms with Gasteiger partial charge in [-0.25, -0.2) is 9.97 Å². The van der Waals surface area contributed by atoms with Gasteiger partial charge < -0.3 is 5.32 Å². The molecule has 0 aromatic carbocycles. The highest BCUT2D eigenvalue weighted by Gasteiger charge is 2.25. The Hall–Kier alpha value is -1.95. The van der Waals surface area contributed by atoms with Crippen LogP contribution in [0.3, 0.4) is 0 Å². The van der Waals surface area contributed by atoms with Gasteiger partial charge >= 0.3 is 0 Å². The molecule has 0 bridgehead atoms. The molecule has 1 aliphatic carbocycles. The van der Waals surface area contributed by atoms with Crippen molar-refractivity contribution in [1.29, 1.82) is 0 Å². The molecular weight excluding hydrogens is 356 g/mol. The van der Waals surface area contributed by atoms with Crippen molar-refractivity contribution < 1.29 is 0 Å². The first-order valence-corrected chi connectivity index (χ1v) is 11.0. The Morgan fingerprint density at radius 1 is 1.30 bits per heavy atom. The van der Waals surface area contributed by atoms with Crippen LogP contribution in [0.2, 0.25) is 0 Å². The molecule has 1 N–H and O–H groups in total. The molecular formula is C21H28N4OS. The monoisotopic (exact) mass is 384 g/mol. The number of hydrogen-bond donors (Lipinski definition) is 1. The van der Waals surface area contributed by atoms with Gasteiger partial charge in [0.1, 0.15) is 20.9 Å². The summed E-state index contributed by atoms with van der Waals surface area (Å²) in [6.45, 7) is 4.50. The zero-order chi connectivity index (χ0) is 19.0. The highest BCUT2D eigenvalue weighted by molar-refractivity contribution is 7.25. The molecule has 0 amide bonds. The summed E-state index contributed by atoms with van der Waals surface area (Å²) in [5, 5.41) is 4.22. The molecule has 3 heterocycles. The van der Waals surface area contributed by atoms with Crippen LogP contribution in [0.5, 0.6) is 0 Å². The number of rotatable bonds is 5. The van der Waals surface area contributed by atoms with Crippen LogP contribution < -0.4 is 10.9 Å². The van der Waals surface area contributed by atoms with E-state index in [0.29, 0.717) is 6.04 Å². The maximum absolute atomic E-state index is 13.5. The van der Waals surface area contributed by atoms with E-state index in [0.717, 1.165) is 70.0 Å². The van der Waals surface area contributed by atoms with Crippen LogP contribution in [0.4, 0.5) is 5.69 Å². The Morgan fingerprint density at radius 2 is 2.07 bits per heavy atom. The summed E-state index contributed by atoms with van der Waals surface area (Å²) >= 11 is 1.48. The van der Waals surface area contributed by atoms with Crippen molar-refractivity contribution in [2.75, 3.05) is 12.4 Å². The van der Waals surface area contributed by atoms with Gasteiger partial charge in [0, 0.05) is 31.4 Å². The second-order valence-corrected chi connectivity index (χ2v) is 8.79. The summed E-state index contributed by atoms with van der Waals surface area (Å²) in [5.41, 5.74) is 1.95. The van der Waals surface area contributed by atoms with Crippen molar-refractivity contribution in [3.8, 4) is 0 Å². The molecule has 0 radical (unpaired) electrons. The average Bonchev–Trinajstić information content (AvgIpc) is 3.06. The van der Waals surface area contributed by atoms with E-state index < -0.39 is 0 Å². The normalized spacial score (nSPS) is 20.4. The van der Waals surface area contributed by atoms with Gasteiger partial charge in [-0.2, -0.15) is 0 Å². The van der Waals surface area contributed by atoms with Crippen LogP contribution in [-0.2, 0) is 6.42 Å². The lowest BCUT2D eigenvalue weighted by Gasteiger charge is -2.29. The lowest BCUT2D eigenvalue weighted by molar-refractivity contribution is 0.279. The lowest BCUT2D eigenvalue weighted by Crippen LogP contribution is -2.31. The molecule has 27 heavy (non-hydrogen) atoms. The van der Waals surface area contributed by atoms with Gasteiger partial charge in [-0.3, -0.25) is 9.36 Å². The van der Waals surface area contributed by atoms with Crippen molar-refractivity contribution in [3.05, 3.63) is 28.4 Å². The summed E-state index contributed by atoms with van der Waals surface area (Å²) in [6, 6.07) is 2.25. The lowest BCUT2D eigenvalue weighted by atomic mass is 9.87. The Kier molecular flexibility index (Phi) is 5.17. The minimum absolute atomic E-state index is 0.135. The van der Waals surface area contributed by atoms with Gasteiger partial charge in [0.15, 0.2) is 0 Å². The average molecular weight is 385 g/mol. The van der Waals surface area contributed by atoms with E-state index in [2.05, 4.69) is 24.1 Å². The van der Waals surface area contributed by atoms with Gasteiger partial charge in [-0.1, -0.05) is 20.3 Å². The third kappa shape index (κ3) is 3.24.